The van der Waals surface area contributed by atoms with Crippen molar-refractivity contribution in [3.8, 4) is 11.3 Å². The van der Waals surface area contributed by atoms with E-state index in [9.17, 15) is 13.9 Å². The number of imidazole rings is 1. The third-order valence-electron chi connectivity index (χ3n) is 6.91. The van der Waals surface area contributed by atoms with E-state index in [-0.39, 0.29) is 23.0 Å². The molecule has 1 fully saturated rings. The molecule has 1 aliphatic heterocycles. The van der Waals surface area contributed by atoms with Crippen molar-refractivity contribution in [3.63, 3.8) is 0 Å². The van der Waals surface area contributed by atoms with Crippen LogP contribution in [-0.2, 0) is 6.54 Å². The molecule has 0 radical (unpaired) electrons. The standard InChI is InChI=1S/C25H24F2N2O/c1-25-14-29-15-28-23(16-5-9-19(26)10-6-16)22(29)13-18(25)3-2-4-21(25)24(30)17-7-11-20(27)12-8-17/h5-13,15,21,24,30H,2-4,14H2,1H3/t21-,24+,25+/m1/s1. The lowest BCUT2D eigenvalue weighted by Crippen LogP contribution is -2.42. The van der Waals surface area contributed by atoms with Crippen LogP contribution >= 0.6 is 0 Å². The number of nitrogens with zero attached hydrogens (tertiary/aromatic N) is 2. The van der Waals surface area contributed by atoms with Crippen molar-refractivity contribution in [2.24, 2.45) is 11.3 Å². The molecule has 5 rings (SSSR count). The van der Waals surface area contributed by atoms with Gasteiger partial charge in [0.25, 0.3) is 0 Å². The minimum absolute atomic E-state index is 0.0350. The van der Waals surface area contributed by atoms with Gasteiger partial charge in [-0.3, -0.25) is 0 Å². The van der Waals surface area contributed by atoms with Gasteiger partial charge in [-0.2, -0.15) is 0 Å². The Morgan fingerprint density at radius 1 is 1.07 bits per heavy atom. The highest BCUT2D eigenvalue weighted by Crippen LogP contribution is 2.53. The fraction of sp³-hybridized carbons (Fsp3) is 0.320. The van der Waals surface area contributed by atoms with Crippen LogP contribution in [0.1, 0.15) is 43.5 Å². The number of hydrogen-bond acceptors (Lipinski definition) is 2. The fourth-order valence-corrected chi connectivity index (χ4v) is 5.23. The predicted molar refractivity (Wildman–Crippen MR) is 112 cm³/mol. The van der Waals surface area contributed by atoms with Crippen LogP contribution in [0.25, 0.3) is 17.3 Å². The van der Waals surface area contributed by atoms with Crippen LogP contribution in [0, 0.1) is 23.0 Å². The summed E-state index contributed by atoms with van der Waals surface area (Å²) in [6.07, 6.45) is 6.30. The molecular formula is C25H24F2N2O. The van der Waals surface area contributed by atoms with E-state index in [0.29, 0.717) is 0 Å². The zero-order valence-corrected chi connectivity index (χ0v) is 16.9. The summed E-state index contributed by atoms with van der Waals surface area (Å²) in [5.41, 5.74) is 4.64. The van der Waals surface area contributed by atoms with Crippen LogP contribution in [0.5, 0.6) is 0 Å². The quantitative estimate of drug-likeness (QED) is 0.600. The molecule has 2 heterocycles. The molecule has 0 spiro atoms. The van der Waals surface area contributed by atoms with Crippen LogP contribution in [0.2, 0.25) is 0 Å². The maximum Gasteiger partial charge on any atom is 0.123 e. The van der Waals surface area contributed by atoms with Gasteiger partial charge in [0, 0.05) is 17.5 Å². The molecule has 154 valence electrons. The Labute approximate surface area is 174 Å². The second kappa shape index (κ2) is 7.17. The molecule has 0 amide bonds. The molecule has 1 aliphatic carbocycles. The molecule has 3 atom stereocenters. The topological polar surface area (TPSA) is 38.0 Å². The van der Waals surface area contributed by atoms with Gasteiger partial charge < -0.3 is 9.67 Å². The highest BCUT2D eigenvalue weighted by Gasteiger charge is 2.46. The van der Waals surface area contributed by atoms with Crippen molar-refractivity contribution in [3.05, 3.63) is 83.3 Å². The van der Waals surface area contributed by atoms with Gasteiger partial charge in [-0.25, -0.2) is 13.8 Å². The second-order valence-electron chi connectivity index (χ2n) is 8.70. The van der Waals surface area contributed by atoms with E-state index >= 15 is 0 Å². The van der Waals surface area contributed by atoms with E-state index in [4.69, 9.17) is 0 Å². The molecule has 2 aliphatic rings. The Morgan fingerprint density at radius 3 is 2.43 bits per heavy atom. The molecule has 0 bridgehead atoms. The summed E-state index contributed by atoms with van der Waals surface area (Å²) >= 11 is 0. The molecule has 0 unspecified atom stereocenters. The van der Waals surface area contributed by atoms with E-state index < -0.39 is 6.10 Å². The van der Waals surface area contributed by atoms with E-state index in [1.807, 2.05) is 6.33 Å². The normalized spacial score (nSPS) is 24.0. The first kappa shape index (κ1) is 19.2. The van der Waals surface area contributed by atoms with Gasteiger partial charge in [-0.05, 0) is 73.2 Å². The molecular weight excluding hydrogens is 382 g/mol. The molecule has 30 heavy (non-hydrogen) atoms. The first-order valence-corrected chi connectivity index (χ1v) is 10.4. The lowest BCUT2D eigenvalue weighted by atomic mass is 9.60. The van der Waals surface area contributed by atoms with Crippen LogP contribution in [-0.4, -0.2) is 14.7 Å². The second-order valence-corrected chi connectivity index (χ2v) is 8.70. The smallest absolute Gasteiger partial charge is 0.123 e. The number of halogens is 2. The van der Waals surface area contributed by atoms with Crippen molar-refractivity contribution >= 4 is 6.08 Å². The molecule has 3 nitrogen and oxygen atoms in total. The number of rotatable bonds is 3. The van der Waals surface area contributed by atoms with Gasteiger partial charge >= 0.3 is 0 Å². The third kappa shape index (κ3) is 3.08. The molecule has 2 aromatic carbocycles. The number of aliphatic hydroxyl groups is 1. The first-order valence-electron chi connectivity index (χ1n) is 10.4. The SMILES string of the molecule is C[C@]12Cn3cnc(-c4ccc(F)cc4)c3C=C1CCC[C@@H]2[C@@H](O)c1ccc(F)cc1. The van der Waals surface area contributed by atoms with Crippen LogP contribution in [0.3, 0.4) is 0 Å². The Morgan fingerprint density at radius 2 is 1.73 bits per heavy atom. The van der Waals surface area contributed by atoms with Crippen molar-refractivity contribution in [1.29, 1.82) is 0 Å². The minimum atomic E-state index is -0.652. The molecule has 0 saturated heterocycles. The van der Waals surface area contributed by atoms with Gasteiger partial charge in [0.15, 0.2) is 0 Å². The van der Waals surface area contributed by atoms with E-state index in [2.05, 4.69) is 22.6 Å². The van der Waals surface area contributed by atoms with Gasteiger partial charge in [-0.15, -0.1) is 0 Å². The number of aromatic nitrogens is 2. The number of aliphatic hydroxyl groups excluding tert-OH is 1. The van der Waals surface area contributed by atoms with Crippen LogP contribution < -0.4 is 0 Å². The summed E-state index contributed by atoms with van der Waals surface area (Å²) in [7, 11) is 0. The van der Waals surface area contributed by atoms with E-state index in [1.54, 1.807) is 24.3 Å². The summed E-state index contributed by atoms with van der Waals surface area (Å²) in [6, 6.07) is 12.6. The lowest BCUT2D eigenvalue weighted by molar-refractivity contribution is 0.0123. The Bertz CT molecular complexity index is 1100. The van der Waals surface area contributed by atoms with E-state index in [1.165, 1.54) is 29.8 Å². The molecule has 5 heteroatoms. The van der Waals surface area contributed by atoms with Crippen molar-refractivity contribution in [1.82, 2.24) is 9.55 Å². The molecule has 1 saturated carbocycles. The monoisotopic (exact) mass is 406 g/mol. The maximum absolute atomic E-state index is 13.3. The summed E-state index contributed by atoms with van der Waals surface area (Å²) in [5.74, 6) is -0.522. The van der Waals surface area contributed by atoms with Gasteiger partial charge in [0.2, 0.25) is 0 Å². The zero-order chi connectivity index (χ0) is 20.9. The zero-order valence-electron chi connectivity index (χ0n) is 16.9. The van der Waals surface area contributed by atoms with Crippen molar-refractivity contribution in [2.75, 3.05) is 0 Å². The highest BCUT2D eigenvalue weighted by atomic mass is 19.1. The van der Waals surface area contributed by atoms with Gasteiger partial charge in [0.05, 0.1) is 23.8 Å². The minimum Gasteiger partial charge on any atom is -0.388 e. The summed E-state index contributed by atoms with van der Waals surface area (Å²) < 4.78 is 28.8. The molecule has 3 aromatic rings. The summed E-state index contributed by atoms with van der Waals surface area (Å²) in [6.45, 7) is 2.95. The van der Waals surface area contributed by atoms with Crippen LogP contribution in [0.15, 0.2) is 60.4 Å². The van der Waals surface area contributed by atoms with Gasteiger partial charge in [-0.1, -0.05) is 24.6 Å². The summed E-state index contributed by atoms with van der Waals surface area (Å²) in [4.78, 5) is 4.62. The van der Waals surface area contributed by atoms with Gasteiger partial charge in [0.1, 0.15) is 11.6 Å². The van der Waals surface area contributed by atoms with Crippen molar-refractivity contribution < 1.29 is 13.9 Å². The number of hydrogen-bond donors (Lipinski definition) is 1. The highest BCUT2D eigenvalue weighted by molar-refractivity contribution is 5.72. The van der Waals surface area contributed by atoms with E-state index in [0.717, 1.165) is 48.3 Å². The van der Waals surface area contributed by atoms with Crippen molar-refractivity contribution in [2.45, 2.75) is 38.8 Å². The first-order chi connectivity index (χ1) is 14.5. The molecule has 1 aromatic heterocycles. The Hall–Kier alpha value is -2.79. The summed E-state index contributed by atoms with van der Waals surface area (Å²) in [5, 5.41) is 11.2. The third-order valence-corrected chi connectivity index (χ3v) is 6.91. The maximum atomic E-state index is 13.3. The average Bonchev–Trinajstić information content (AvgIpc) is 3.14. The average molecular weight is 406 g/mol. The lowest BCUT2D eigenvalue weighted by Gasteiger charge is -2.48. The Balaban J connectivity index is 1.51. The molecule has 1 N–H and O–H groups in total. The predicted octanol–water partition coefficient (Wildman–Crippen LogP) is 5.77. The Kier molecular flexibility index (Phi) is 4.58. The van der Waals surface area contributed by atoms with Crippen LogP contribution in [0.4, 0.5) is 8.78 Å². The number of benzene rings is 2. The fourth-order valence-electron chi connectivity index (χ4n) is 5.23. The largest absolute Gasteiger partial charge is 0.388 e. The number of fused-ring (bicyclic) bond motifs is 2. The number of allylic oxidation sites excluding steroid dienone is 1.